The lowest BCUT2D eigenvalue weighted by Gasteiger charge is -2.31. The van der Waals surface area contributed by atoms with Crippen molar-refractivity contribution in [3.05, 3.63) is 29.8 Å². The Morgan fingerprint density at radius 3 is 2.42 bits per heavy atom. The van der Waals surface area contributed by atoms with Crippen LogP contribution in [0.4, 0.5) is 5.69 Å². The van der Waals surface area contributed by atoms with E-state index in [-0.39, 0.29) is 11.8 Å². The summed E-state index contributed by atoms with van der Waals surface area (Å²) in [7, 11) is 3.77. The summed E-state index contributed by atoms with van der Waals surface area (Å²) >= 11 is 0. The van der Waals surface area contributed by atoms with Crippen molar-refractivity contribution in [1.29, 1.82) is 0 Å². The summed E-state index contributed by atoms with van der Waals surface area (Å²) in [6, 6.07) is 7.56. The molecule has 0 bridgehead atoms. The lowest BCUT2D eigenvalue weighted by atomic mass is 9.94. The molecule has 0 spiro atoms. The van der Waals surface area contributed by atoms with E-state index in [0.717, 1.165) is 31.5 Å². The Morgan fingerprint density at radius 1 is 1.12 bits per heavy atom. The number of nitrogens with one attached hydrogen (secondary N) is 2. The van der Waals surface area contributed by atoms with E-state index in [2.05, 4.69) is 10.6 Å². The molecule has 5 nitrogen and oxygen atoms in total. The first kappa shape index (κ1) is 18.5. The van der Waals surface area contributed by atoms with Gasteiger partial charge in [-0.25, -0.2) is 0 Å². The maximum atomic E-state index is 12.6. The molecule has 0 atom stereocenters. The topological polar surface area (TPSA) is 61.4 Å². The average molecular weight is 331 g/mol. The first-order valence-corrected chi connectivity index (χ1v) is 8.93. The highest BCUT2D eigenvalue weighted by Gasteiger charge is 2.22. The van der Waals surface area contributed by atoms with Crippen molar-refractivity contribution in [1.82, 2.24) is 10.2 Å². The molecule has 24 heavy (non-hydrogen) atoms. The summed E-state index contributed by atoms with van der Waals surface area (Å²) in [5, 5.41) is 5.89. The second-order valence-electron chi connectivity index (χ2n) is 6.54. The second kappa shape index (κ2) is 9.42. The third kappa shape index (κ3) is 5.34. The van der Waals surface area contributed by atoms with E-state index in [4.69, 9.17) is 0 Å². The molecule has 0 saturated heterocycles. The van der Waals surface area contributed by atoms with Crippen molar-refractivity contribution in [2.24, 2.45) is 0 Å². The molecule has 2 amide bonds. The second-order valence-corrected chi connectivity index (χ2v) is 6.54. The van der Waals surface area contributed by atoms with Gasteiger partial charge in [-0.15, -0.1) is 0 Å². The smallest absolute Gasteiger partial charge is 0.253 e. The Hall–Kier alpha value is -1.88. The van der Waals surface area contributed by atoms with Gasteiger partial charge in [0.1, 0.15) is 0 Å². The van der Waals surface area contributed by atoms with Crippen molar-refractivity contribution >= 4 is 17.5 Å². The Bertz CT molecular complexity index is 536. The van der Waals surface area contributed by atoms with Crippen molar-refractivity contribution in [3.8, 4) is 0 Å². The minimum atomic E-state index is 0.00338. The number of benzene rings is 1. The van der Waals surface area contributed by atoms with Crippen LogP contribution in [-0.4, -0.2) is 43.4 Å². The van der Waals surface area contributed by atoms with Crippen molar-refractivity contribution in [3.63, 3.8) is 0 Å². The molecule has 1 saturated carbocycles. The molecule has 0 aliphatic heterocycles. The van der Waals surface area contributed by atoms with Gasteiger partial charge in [-0.1, -0.05) is 19.3 Å². The van der Waals surface area contributed by atoms with Crippen LogP contribution in [0.25, 0.3) is 0 Å². The van der Waals surface area contributed by atoms with E-state index in [9.17, 15) is 9.59 Å². The molecule has 1 aromatic rings. The zero-order valence-electron chi connectivity index (χ0n) is 14.8. The number of carbonyl (C=O) groups is 2. The zero-order valence-corrected chi connectivity index (χ0v) is 14.8. The highest BCUT2D eigenvalue weighted by Crippen LogP contribution is 2.23. The van der Waals surface area contributed by atoms with Crippen LogP contribution < -0.4 is 10.6 Å². The molecule has 5 heteroatoms. The number of amides is 2. The van der Waals surface area contributed by atoms with E-state index in [1.54, 1.807) is 24.3 Å². The molecular weight excluding hydrogens is 302 g/mol. The number of nitrogens with zero attached hydrogens (tertiary/aromatic N) is 1. The molecule has 0 unspecified atom stereocenters. The largest absolute Gasteiger partial charge is 0.339 e. The Morgan fingerprint density at radius 2 is 1.79 bits per heavy atom. The van der Waals surface area contributed by atoms with Gasteiger partial charge in [0.2, 0.25) is 5.91 Å². The van der Waals surface area contributed by atoms with Gasteiger partial charge in [-0.3, -0.25) is 9.59 Å². The van der Waals surface area contributed by atoms with Gasteiger partial charge in [0.25, 0.3) is 5.91 Å². The maximum Gasteiger partial charge on any atom is 0.253 e. The van der Waals surface area contributed by atoms with E-state index in [1.165, 1.54) is 19.3 Å². The Balaban J connectivity index is 1.88. The highest BCUT2D eigenvalue weighted by atomic mass is 16.2. The van der Waals surface area contributed by atoms with Crippen LogP contribution in [0.2, 0.25) is 0 Å². The van der Waals surface area contributed by atoms with Crippen LogP contribution in [0.3, 0.4) is 0 Å². The van der Waals surface area contributed by atoms with E-state index < -0.39 is 0 Å². The van der Waals surface area contributed by atoms with Crippen LogP contribution in [0.15, 0.2) is 24.3 Å². The first-order valence-electron chi connectivity index (χ1n) is 8.93. The zero-order chi connectivity index (χ0) is 17.4. The SMILES string of the molecule is CNCCCC(=O)Nc1ccc(C(=O)N(C)C2CCCCC2)cc1. The molecular formula is C19H29N3O2. The van der Waals surface area contributed by atoms with Crippen LogP contribution in [0, 0.1) is 0 Å². The maximum absolute atomic E-state index is 12.6. The predicted octanol–water partition coefficient (Wildman–Crippen LogP) is 3.03. The fraction of sp³-hybridized carbons (Fsp3) is 0.579. The van der Waals surface area contributed by atoms with Crippen LogP contribution in [-0.2, 0) is 4.79 Å². The number of carbonyl (C=O) groups excluding carboxylic acids is 2. The molecule has 1 aliphatic rings. The molecule has 1 fully saturated rings. The van der Waals surface area contributed by atoms with E-state index >= 15 is 0 Å². The number of rotatable bonds is 7. The molecule has 132 valence electrons. The quantitative estimate of drug-likeness (QED) is 0.755. The third-order valence-electron chi connectivity index (χ3n) is 4.69. The van der Waals surface area contributed by atoms with Crippen LogP contribution >= 0.6 is 0 Å². The molecule has 0 heterocycles. The Kier molecular flexibility index (Phi) is 7.25. The lowest BCUT2D eigenvalue weighted by Crippen LogP contribution is -2.38. The summed E-state index contributed by atoms with van der Waals surface area (Å²) in [4.78, 5) is 26.3. The Labute approximate surface area is 144 Å². The van der Waals surface area contributed by atoms with Gasteiger partial charge in [0, 0.05) is 30.8 Å². The minimum Gasteiger partial charge on any atom is -0.339 e. The lowest BCUT2D eigenvalue weighted by molar-refractivity contribution is -0.116. The number of anilines is 1. The molecule has 0 radical (unpaired) electrons. The summed E-state index contributed by atoms with van der Waals surface area (Å²) in [5.74, 6) is 0.0671. The van der Waals surface area contributed by atoms with Gasteiger partial charge in [-0.2, -0.15) is 0 Å². The molecule has 2 N–H and O–H groups in total. The van der Waals surface area contributed by atoms with Crippen LogP contribution in [0.1, 0.15) is 55.3 Å². The third-order valence-corrected chi connectivity index (χ3v) is 4.69. The molecule has 2 rings (SSSR count). The van der Waals surface area contributed by atoms with Gasteiger partial charge in [-0.05, 0) is 57.1 Å². The predicted molar refractivity (Wildman–Crippen MR) is 97.2 cm³/mol. The van der Waals surface area contributed by atoms with Crippen molar-refractivity contribution in [2.45, 2.75) is 51.0 Å². The van der Waals surface area contributed by atoms with E-state index in [0.29, 0.717) is 18.0 Å². The number of hydrogen-bond acceptors (Lipinski definition) is 3. The fourth-order valence-electron chi connectivity index (χ4n) is 3.18. The summed E-state index contributed by atoms with van der Waals surface area (Å²) < 4.78 is 0. The van der Waals surface area contributed by atoms with Crippen molar-refractivity contribution < 1.29 is 9.59 Å². The van der Waals surface area contributed by atoms with Gasteiger partial charge < -0.3 is 15.5 Å². The molecule has 1 aliphatic carbocycles. The molecule has 1 aromatic carbocycles. The summed E-state index contributed by atoms with van der Waals surface area (Å²) in [6.07, 6.45) is 7.20. The average Bonchev–Trinajstić information content (AvgIpc) is 2.62. The normalized spacial score (nSPS) is 15.1. The van der Waals surface area contributed by atoms with Gasteiger partial charge in [0.05, 0.1) is 0 Å². The monoisotopic (exact) mass is 331 g/mol. The first-order chi connectivity index (χ1) is 11.6. The standard InChI is InChI=1S/C19H29N3O2/c1-20-14-6-9-18(23)21-16-12-10-15(11-13-16)19(24)22(2)17-7-4-3-5-8-17/h10-13,17,20H,3-9,14H2,1-2H3,(H,21,23). The number of hydrogen-bond donors (Lipinski definition) is 2. The fourth-order valence-corrected chi connectivity index (χ4v) is 3.18. The van der Waals surface area contributed by atoms with Gasteiger partial charge in [0.15, 0.2) is 0 Å². The minimum absolute atomic E-state index is 0.00338. The van der Waals surface area contributed by atoms with Gasteiger partial charge >= 0.3 is 0 Å². The molecule has 0 aromatic heterocycles. The van der Waals surface area contributed by atoms with Crippen molar-refractivity contribution in [2.75, 3.05) is 26.0 Å². The van der Waals surface area contributed by atoms with E-state index in [1.807, 2.05) is 19.0 Å². The highest BCUT2D eigenvalue weighted by molar-refractivity contribution is 5.95. The summed E-state index contributed by atoms with van der Waals surface area (Å²) in [6.45, 7) is 0.828. The van der Waals surface area contributed by atoms with Crippen LogP contribution in [0.5, 0.6) is 0 Å². The summed E-state index contributed by atoms with van der Waals surface area (Å²) in [5.41, 5.74) is 1.41.